The summed E-state index contributed by atoms with van der Waals surface area (Å²) in [6.45, 7) is 9.53. The van der Waals surface area contributed by atoms with Gasteiger partial charge < -0.3 is 19.5 Å². The Morgan fingerprint density at radius 1 is 1.26 bits per heavy atom. The molecule has 1 N–H and O–H groups in total. The normalized spacial score (nSPS) is 15.6. The largest absolute Gasteiger partial charge is 0.544 e. The lowest BCUT2D eigenvalue weighted by Gasteiger charge is -2.43. The van der Waals surface area contributed by atoms with Gasteiger partial charge in [-0.1, -0.05) is 19.1 Å². The third-order valence-corrected chi connectivity index (χ3v) is 4.07. The van der Waals surface area contributed by atoms with Crippen molar-refractivity contribution in [2.24, 2.45) is 0 Å². The Kier molecular flexibility index (Phi) is 8.68. The highest BCUT2D eigenvalue weighted by atomic mass is 16.4. The molecule has 0 heterocycles. The number of nitrogens with zero attached hydrogens (tertiary/aromatic N) is 1. The first-order valence-corrected chi connectivity index (χ1v) is 7.33. The van der Waals surface area contributed by atoms with Gasteiger partial charge in [-0.2, -0.15) is 0 Å². The molecule has 0 fully saturated rings. The lowest BCUT2D eigenvalue weighted by atomic mass is 10.1. The van der Waals surface area contributed by atoms with Crippen LogP contribution in [0.25, 0.3) is 0 Å². The Bertz CT molecular complexity index is 285. The van der Waals surface area contributed by atoms with Gasteiger partial charge in [0.05, 0.1) is 19.1 Å². The van der Waals surface area contributed by atoms with Gasteiger partial charge in [0.1, 0.15) is 18.7 Å². The third-order valence-electron chi connectivity index (χ3n) is 4.07. The van der Waals surface area contributed by atoms with E-state index >= 15 is 0 Å². The molecule has 0 saturated heterocycles. The molecule has 0 aromatic rings. The summed E-state index contributed by atoms with van der Waals surface area (Å²) >= 11 is 0. The second-order valence-electron chi connectivity index (χ2n) is 5.14. The van der Waals surface area contributed by atoms with E-state index in [9.17, 15) is 15.0 Å². The van der Waals surface area contributed by atoms with Crippen molar-refractivity contribution in [1.82, 2.24) is 0 Å². The average molecular weight is 271 g/mol. The zero-order chi connectivity index (χ0) is 14.9. The lowest BCUT2D eigenvalue weighted by molar-refractivity contribution is -0.942. The van der Waals surface area contributed by atoms with Crippen LogP contribution < -0.4 is 5.11 Å². The van der Waals surface area contributed by atoms with Crippen LogP contribution in [0.2, 0.25) is 0 Å². The number of carboxylic acids is 1. The minimum absolute atomic E-state index is 0.376. The maximum absolute atomic E-state index is 11.1. The molecule has 0 aromatic carbocycles. The van der Waals surface area contributed by atoms with E-state index in [1.165, 1.54) is 0 Å². The molecule has 0 rings (SSSR count). The van der Waals surface area contributed by atoms with Crippen molar-refractivity contribution in [2.45, 2.75) is 59.1 Å². The number of rotatable bonds is 10. The van der Waals surface area contributed by atoms with Gasteiger partial charge in [-0.25, -0.2) is 0 Å². The molecule has 0 aliphatic heterocycles. The lowest BCUT2D eigenvalue weighted by Crippen LogP contribution is -2.62. The summed E-state index contributed by atoms with van der Waals surface area (Å²) in [5, 5.41) is 21.2. The molecule has 0 bridgehead atoms. The van der Waals surface area contributed by atoms with Crippen LogP contribution in [0.4, 0.5) is 0 Å². The third kappa shape index (κ3) is 5.74. The van der Waals surface area contributed by atoms with Crippen molar-refractivity contribution in [3.8, 4) is 0 Å². The Morgan fingerprint density at radius 2 is 1.84 bits per heavy atom. The predicted molar refractivity (Wildman–Crippen MR) is 75.4 cm³/mol. The second-order valence-corrected chi connectivity index (χ2v) is 5.14. The van der Waals surface area contributed by atoms with Crippen LogP contribution in [0.3, 0.4) is 0 Å². The van der Waals surface area contributed by atoms with Gasteiger partial charge >= 0.3 is 0 Å². The van der Waals surface area contributed by atoms with Crippen LogP contribution in [-0.4, -0.2) is 47.3 Å². The first-order chi connectivity index (χ1) is 8.93. The number of hydrogen-bond donors (Lipinski definition) is 1. The summed E-state index contributed by atoms with van der Waals surface area (Å²) in [4.78, 5) is 11.1. The number of aliphatic hydroxyl groups excluding tert-OH is 1. The zero-order valence-corrected chi connectivity index (χ0v) is 12.8. The van der Waals surface area contributed by atoms with Gasteiger partial charge in [0.15, 0.2) is 0 Å². The Labute approximate surface area is 117 Å². The summed E-state index contributed by atoms with van der Waals surface area (Å²) in [6.07, 6.45) is 6.19. The van der Waals surface area contributed by atoms with Gasteiger partial charge in [-0.05, 0) is 40.0 Å². The van der Waals surface area contributed by atoms with Crippen LogP contribution in [0, 0.1) is 0 Å². The maximum atomic E-state index is 11.1. The SMILES string of the molecule is CC/C=C/CCC(O)C[N+](CC)(CC)C(C)C(=O)[O-]. The average Bonchev–Trinajstić information content (AvgIpc) is 2.40. The molecule has 19 heavy (non-hydrogen) atoms. The van der Waals surface area contributed by atoms with Crippen molar-refractivity contribution >= 4 is 5.97 Å². The highest BCUT2D eigenvalue weighted by Crippen LogP contribution is 2.16. The van der Waals surface area contributed by atoms with E-state index in [-0.39, 0.29) is 0 Å². The highest BCUT2D eigenvalue weighted by molar-refractivity contribution is 5.69. The van der Waals surface area contributed by atoms with E-state index < -0.39 is 18.1 Å². The molecular formula is C15H29NO3. The highest BCUT2D eigenvalue weighted by Gasteiger charge is 2.33. The number of allylic oxidation sites excluding steroid dienone is 2. The van der Waals surface area contributed by atoms with Gasteiger partial charge in [-0.3, -0.25) is 0 Å². The van der Waals surface area contributed by atoms with Crippen molar-refractivity contribution < 1.29 is 19.5 Å². The topological polar surface area (TPSA) is 60.4 Å². The summed E-state index contributed by atoms with van der Waals surface area (Å²) in [6, 6.07) is -0.587. The molecule has 4 heteroatoms. The maximum Gasteiger partial charge on any atom is 0.126 e. The van der Waals surface area contributed by atoms with Gasteiger partial charge in [0.2, 0.25) is 0 Å². The van der Waals surface area contributed by atoms with Gasteiger partial charge in [-0.15, -0.1) is 0 Å². The molecule has 0 spiro atoms. The zero-order valence-electron chi connectivity index (χ0n) is 12.8. The van der Waals surface area contributed by atoms with Gasteiger partial charge in [0.25, 0.3) is 0 Å². The number of hydrogen-bond acceptors (Lipinski definition) is 3. The van der Waals surface area contributed by atoms with Crippen molar-refractivity contribution in [1.29, 1.82) is 0 Å². The van der Waals surface area contributed by atoms with E-state index in [4.69, 9.17) is 0 Å². The first-order valence-electron chi connectivity index (χ1n) is 7.33. The van der Waals surface area contributed by atoms with Crippen LogP contribution >= 0.6 is 0 Å². The minimum atomic E-state index is -1.04. The van der Waals surface area contributed by atoms with Crippen molar-refractivity contribution in [3.05, 3.63) is 12.2 Å². The van der Waals surface area contributed by atoms with Crippen LogP contribution in [0.1, 0.15) is 47.0 Å². The fourth-order valence-corrected chi connectivity index (χ4v) is 2.50. The fraction of sp³-hybridized carbons (Fsp3) is 0.800. The van der Waals surface area contributed by atoms with E-state index in [1.54, 1.807) is 6.92 Å². The Morgan fingerprint density at radius 3 is 2.26 bits per heavy atom. The summed E-state index contributed by atoms with van der Waals surface area (Å²) in [5.74, 6) is -1.04. The van der Waals surface area contributed by atoms with Crippen molar-refractivity contribution in [2.75, 3.05) is 19.6 Å². The number of aliphatic hydroxyl groups is 1. The van der Waals surface area contributed by atoms with E-state index in [0.29, 0.717) is 30.5 Å². The van der Waals surface area contributed by atoms with E-state index in [1.807, 2.05) is 13.8 Å². The number of likely N-dealkylation sites (N-methyl/N-ethyl adjacent to an activating group) is 1. The molecule has 0 amide bonds. The molecule has 0 aromatic heterocycles. The summed E-state index contributed by atoms with van der Waals surface area (Å²) in [5.41, 5.74) is 0. The van der Waals surface area contributed by atoms with E-state index in [0.717, 1.165) is 12.8 Å². The van der Waals surface area contributed by atoms with E-state index in [2.05, 4.69) is 19.1 Å². The number of carboxylic acid groups (broad SMARTS) is 1. The monoisotopic (exact) mass is 271 g/mol. The molecule has 0 aliphatic carbocycles. The standard InChI is InChI=1S/C15H29NO3/c1-5-8-9-10-11-14(17)12-16(6-2,7-3)13(4)15(18)19/h8-9,13-14,17H,5-7,10-12H2,1-4H3/b9-8+. The minimum Gasteiger partial charge on any atom is -0.544 e. The molecule has 2 unspecified atom stereocenters. The smallest absolute Gasteiger partial charge is 0.126 e. The molecule has 0 aliphatic rings. The van der Waals surface area contributed by atoms with Crippen LogP contribution in [0.15, 0.2) is 12.2 Å². The quantitative estimate of drug-likeness (QED) is 0.478. The molecule has 2 atom stereocenters. The van der Waals surface area contributed by atoms with Crippen molar-refractivity contribution in [3.63, 3.8) is 0 Å². The van der Waals surface area contributed by atoms with Gasteiger partial charge in [0, 0.05) is 0 Å². The molecular weight excluding hydrogens is 242 g/mol. The number of carbonyl (C=O) groups is 1. The fourth-order valence-electron chi connectivity index (χ4n) is 2.50. The number of aliphatic carboxylic acids is 1. The molecule has 0 radical (unpaired) electrons. The molecule has 0 saturated carbocycles. The second kappa shape index (κ2) is 9.10. The number of carbonyl (C=O) groups excluding carboxylic acids is 1. The predicted octanol–water partition coefficient (Wildman–Crippen LogP) is 1.09. The summed E-state index contributed by atoms with van der Waals surface area (Å²) < 4.78 is 0.376. The number of quaternary nitrogens is 1. The van der Waals surface area contributed by atoms with Crippen LogP contribution in [-0.2, 0) is 4.79 Å². The molecule has 4 nitrogen and oxygen atoms in total. The Balaban J connectivity index is 4.56. The summed E-state index contributed by atoms with van der Waals surface area (Å²) in [7, 11) is 0. The molecule has 112 valence electrons. The van der Waals surface area contributed by atoms with Crippen LogP contribution in [0.5, 0.6) is 0 Å². The first kappa shape index (κ1) is 18.1. The Hall–Kier alpha value is -0.870.